The lowest BCUT2D eigenvalue weighted by atomic mass is 9.89. The number of hydrogen-bond donors (Lipinski definition) is 1. The monoisotopic (exact) mass is 289 g/mol. The van der Waals surface area contributed by atoms with E-state index in [0.29, 0.717) is 19.1 Å². The number of nitrogens with two attached hydrogens (primary N) is 1. The molecule has 0 radical (unpaired) electrons. The predicted molar refractivity (Wildman–Crippen MR) is 87.3 cm³/mol. The van der Waals surface area contributed by atoms with E-state index in [1.165, 1.54) is 12.8 Å². The fourth-order valence-corrected chi connectivity index (χ4v) is 3.08. The van der Waals surface area contributed by atoms with Gasteiger partial charge in [-0.25, -0.2) is 0 Å². The number of amides is 1. The standard InChI is InChI=1S/C17H27N3O/c1-3-14-9-10-20(16(11-14)12-18)13-17(21)19(2)15-7-5-4-6-8-15/h4-8,14,16H,3,9-13,18H2,1-2H3. The number of carbonyl (C=O) groups excluding carboxylic acids is 1. The maximum Gasteiger partial charge on any atom is 0.240 e. The van der Waals surface area contributed by atoms with Crippen LogP contribution in [0, 0.1) is 5.92 Å². The third kappa shape index (κ3) is 4.05. The Bertz CT molecular complexity index is 449. The number of carbonyl (C=O) groups is 1. The molecule has 1 aliphatic heterocycles. The van der Waals surface area contributed by atoms with Gasteiger partial charge < -0.3 is 10.6 Å². The zero-order valence-electron chi connectivity index (χ0n) is 13.2. The second-order valence-corrected chi connectivity index (χ2v) is 5.95. The highest BCUT2D eigenvalue weighted by Gasteiger charge is 2.28. The molecule has 0 saturated carbocycles. The Labute approximate surface area is 127 Å². The van der Waals surface area contributed by atoms with Crippen LogP contribution >= 0.6 is 0 Å². The van der Waals surface area contributed by atoms with E-state index in [1.54, 1.807) is 4.90 Å². The summed E-state index contributed by atoms with van der Waals surface area (Å²) in [5.74, 6) is 0.895. The third-order valence-corrected chi connectivity index (χ3v) is 4.65. The molecule has 2 N–H and O–H groups in total. The lowest BCUT2D eigenvalue weighted by Gasteiger charge is -2.39. The van der Waals surface area contributed by atoms with Crippen molar-refractivity contribution in [2.24, 2.45) is 11.7 Å². The van der Waals surface area contributed by atoms with Gasteiger partial charge in [-0.2, -0.15) is 0 Å². The largest absolute Gasteiger partial charge is 0.329 e. The first-order valence-electron chi connectivity index (χ1n) is 7.91. The zero-order chi connectivity index (χ0) is 15.2. The number of nitrogens with zero attached hydrogens (tertiary/aromatic N) is 2. The van der Waals surface area contributed by atoms with Gasteiger partial charge in [0.25, 0.3) is 0 Å². The Morgan fingerprint density at radius 1 is 1.38 bits per heavy atom. The highest BCUT2D eigenvalue weighted by molar-refractivity contribution is 5.94. The number of rotatable bonds is 5. The molecule has 4 nitrogen and oxygen atoms in total. The smallest absolute Gasteiger partial charge is 0.240 e. The van der Waals surface area contributed by atoms with Gasteiger partial charge >= 0.3 is 0 Å². The summed E-state index contributed by atoms with van der Waals surface area (Å²) < 4.78 is 0. The first kappa shape index (κ1) is 16.0. The quantitative estimate of drug-likeness (QED) is 0.903. The summed E-state index contributed by atoms with van der Waals surface area (Å²) in [4.78, 5) is 16.5. The molecule has 1 aliphatic rings. The highest BCUT2D eigenvalue weighted by Crippen LogP contribution is 2.25. The molecule has 0 aromatic heterocycles. The molecule has 1 aromatic carbocycles. The van der Waals surface area contributed by atoms with Crippen LogP contribution in [0.3, 0.4) is 0 Å². The van der Waals surface area contributed by atoms with Gasteiger partial charge in [0.1, 0.15) is 0 Å². The minimum Gasteiger partial charge on any atom is -0.329 e. The van der Waals surface area contributed by atoms with E-state index in [2.05, 4.69) is 11.8 Å². The Morgan fingerprint density at radius 2 is 2.10 bits per heavy atom. The molecule has 2 rings (SSSR count). The van der Waals surface area contributed by atoms with E-state index in [0.717, 1.165) is 24.6 Å². The van der Waals surface area contributed by atoms with E-state index in [-0.39, 0.29) is 5.91 Å². The van der Waals surface area contributed by atoms with Crippen molar-refractivity contribution >= 4 is 11.6 Å². The van der Waals surface area contributed by atoms with Crippen molar-refractivity contribution in [2.75, 3.05) is 31.6 Å². The minimum atomic E-state index is 0.134. The Morgan fingerprint density at radius 3 is 2.71 bits per heavy atom. The van der Waals surface area contributed by atoms with Crippen LogP contribution in [0.2, 0.25) is 0 Å². The van der Waals surface area contributed by atoms with Gasteiger partial charge in [-0.1, -0.05) is 31.5 Å². The number of likely N-dealkylation sites (N-methyl/N-ethyl adjacent to an activating group) is 1. The van der Waals surface area contributed by atoms with Crippen LogP contribution in [-0.2, 0) is 4.79 Å². The molecular weight excluding hydrogens is 262 g/mol. The van der Waals surface area contributed by atoms with Crippen molar-refractivity contribution in [2.45, 2.75) is 32.2 Å². The Kier molecular flexibility index (Phi) is 5.76. The zero-order valence-corrected chi connectivity index (χ0v) is 13.2. The molecule has 1 heterocycles. The molecule has 1 amide bonds. The number of hydrogen-bond acceptors (Lipinski definition) is 3. The Hall–Kier alpha value is -1.39. The summed E-state index contributed by atoms with van der Waals surface area (Å²) in [7, 11) is 1.84. The highest BCUT2D eigenvalue weighted by atomic mass is 16.2. The van der Waals surface area contributed by atoms with Crippen LogP contribution < -0.4 is 10.6 Å². The van der Waals surface area contributed by atoms with Crippen LogP contribution in [0.15, 0.2) is 30.3 Å². The number of likely N-dealkylation sites (tertiary alicyclic amines) is 1. The molecule has 21 heavy (non-hydrogen) atoms. The van der Waals surface area contributed by atoms with Gasteiger partial charge in [0.2, 0.25) is 5.91 Å². The van der Waals surface area contributed by atoms with Crippen molar-refractivity contribution < 1.29 is 4.79 Å². The number of benzene rings is 1. The van der Waals surface area contributed by atoms with Crippen molar-refractivity contribution in [3.8, 4) is 0 Å². The van der Waals surface area contributed by atoms with Gasteiger partial charge in [-0.15, -0.1) is 0 Å². The number of piperidine rings is 1. The second-order valence-electron chi connectivity index (χ2n) is 5.95. The van der Waals surface area contributed by atoms with Crippen molar-refractivity contribution in [1.82, 2.24) is 4.90 Å². The van der Waals surface area contributed by atoms with Gasteiger partial charge in [-0.3, -0.25) is 9.69 Å². The van der Waals surface area contributed by atoms with E-state index in [9.17, 15) is 4.79 Å². The molecule has 1 aromatic rings. The molecule has 0 bridgehead atoms. The van der Waals surface area contributed by atoms with Crippen LogP contribution in [0.5, 0.6) is 0 Å². The molecule has 4 heteroatoms. The Balaban J connectivity index is 1.95. The number of para-hydroxylation sites is 1. The van der Waals surface area contributed by atoms with E-state index >= 15 is 0 Å². The van der Waals surface area contributed by atoms with Gasteiger partial charge in [-0.05, 0) is 37.4 Å². The topological polar surface area (TPSA) is 49.6 Å². The summed E-state index contributed by atoms with van der Waals surface area (Å²) in [6, 6.07) is 10.1. The molecule has 116 valence electrons. The molecule has 1 saturated heterocycles. The molecule has 0 aliphatic carbocycles. The fraction of sp³-hybridized carbons (Fsp3) is 0.588. The van der Waals surface area contributed by atoms with Crippen molar-refractivity contribution in [1.29, 1.82) is 0 Å². The average Bonchev–Trinajstić information content (AvgIpc) is 2.55. The van der Waals surface area contributed by atoms with Crippen LogP contribution in [0.4, 0.5) is 5.69 Å². The maximum absolute atomic E-state index is 12.5. The lowest BCUT2D eigenvalue weighted by Crippen LogP contribution is -2.50. The normalized spacial score (nSPS) is 23.0. The van der Waals surface area contributed by atoms with Crippen molar-refractivity contribution in [3.05, 3.63) is 30.3 Å². The average molecular weight is 289 g/mol. The minimum absolute atomic E-state index is 0.134. The van der Waals surface area contributed by atoms with E-state index in [4.69, 9.17) is 5.73 Å². The van der Waals surface area contributed by atoms with Gasteiger partial charge in [0.15, 0.2) is 0 Å². The summed E-state index contributed by atoms with van der Waals surface area (Å²) in [6.07, 6.45) is 3.51. The molecule has 2 atom stereocenters. The molecule has 1 fully saturated rings. The summed E-state index contributed by atoms with van der Waals surface area (Å²) in [5.41, 5.74) is 6.85. The molecule has 2 unspecified atom stereocenters. The summed E-state index contributed by atoms with van der Waals surface area (Å²) in [5, 5.41) is 0. The van der Waals surface area contributed by atoms with Crippen LogP contribution in [0.25, 0.3) is 0 Å². The molecular formula is C17H27N3O. The fourth-order valence-electron chi connectivity index (χ4n) is 3.08. The summed E-state index contributed by atoms with van der Waals surface area (Å²) in [6.45, 7) is 4.32. The lowest BCUT2D eigenvalue weighted by molar-refractivity contribution is -0.120. The van der Waals surface area contributed by atoms with E-state index < -0.39 is 0 Å². The number of anilines is 1. The van der Waals surface area contributed by atoms with Crippen LogP contribution in [-0.4, -0.2) is 43.5 Å². The van der Waals surface area contributed by atoms with Gasteiger partial charge in [0, 0.05) is 25.3 Å². The van der Waals surface area contributed by atoms with Crippen LogP contribution in [0.1, 0.15) is 26.2 Å². The van der Waals surface area contributed by atoms with Gasteiger partial charge in [0.05, 0.1) is 6.54 Å². The first-order valence-corrected chi connectivity index (χ1v) is 7.91. The SMILES string of the molecule is CCC1CCN(CC(=O)N(C)c2ccccc2)C(CN)C1. The maximum atomic E-state index is 12.5. The second kappa shape index (κ2) is 7.57. The first-order chi connectivity index (χ1) is 10.2. The predicted octanol–water partition coefficient (Wildman–Crippen LogP) is 2.10. The van der Waals surface area contributed by atoms with Crippen molar-refractivity contribution in [3.63, 3.8) is 0 Å². The van der Waals surface area contributed by atoms with E-state index in [1.807, 2.05) is 37.4 Å². The molecule has 0 spiro atoms. The summed E-state index contributed by atoms with van der Waals surface area (Å²) >= 11 is 0. The third-order valence-electron chi connectivity index (χ3n) is 4.65.